The average Bonchev–Trinajstić information content (AvgIpc) is 3.07. The highest BCUT2D eigenvalue weighted by molar-refractivity contribution is 5.90. The summed E-state index contributed by atoms with van der Waals surface area (Å²) in [6.45, 7) is 4.33. The summed E-state index contributed by atoms with van der Waals surface area (Å²) in [4.78, 5) is 41.8. The van der Waals surface area contributed by atoms with E-state index in [1.807, 2.05) is 44.2 Å². The van der Waals surface area contributed by atoms with Gasteiger partial charge in [0.2, 0.25) is 11.8 Å². The van der Waals surface area contributed by atoms with Crippen molar-refractivity contribution in [3.8, 4) is 0 Å². The van der Waals surface area contributed by atoms with Crippen LogP contribution in [-0.4, -0.2) is 67.5 Å². The maximum absolute atomic E-state index is 13.1. The monoisotopic (exact) mass is 388 g/mol. The molecular formula is C21H28N2O5. The fraction of sp³-hybridized carbons (Fsp3) is 0.571. The molecule has 28 heavy (non-hydrogen) atoms. The van der Waals surface area contributed by atoms with Crippen LogP contribution >= 0.6 is 0 Å². The molecule has 0 saturated carbocycles. The van der Waals surface area contributed by atoms with Gasteiger partial charge in [-0.15, -0.1) is 0 Å². The van der Waals surface area contributed by atoms with Gasteiger partial charge in [-0.2, -0.15) is 0 Å². The summed E-state index contributed by atoms with van der Waals surface area (Å²) < 4.78 is 10.2. The Hall–Kier alpha value is -2.41. The molecule has 2 aliphatic rings. The fourth-order valence-corrected chi connectivity index (χ4v) is 4.47. The SMILES string of the molecule is COCC(C)(C)C(=O)N1CC(=O)N2[C@@H](C[C@H](C(=O)OC)[C@@H]2c2ccccc2)C1. The van der Waals surface area contributed by atoms with Crippen molar-refractivity contribution in [1.29, 1.82) is 0 Å². The van der Waals surface area contributed by atoms with Gasteiger partial charge in [-0.25, -0.2) is 0 Å². The molecule has 0 unspecified atom stereocenters. The molecule has 0 bridgehead atoms. The lowest BCUT2D eigenvalue weighted by molar-refractivity contribution is -0.156. The lowest BCUT2D eigenvalue weighted by atomic mass is 9.91. The molecule has 7 nitrogen and oxygen atoms in total. The Morgan fingerprint density at radius 3 is 2.46 bits per heavy atom. The van der Waals surface area contributed by atoms with Crippen LogP contribution in [0.25, 0.3) is 0 Å². The number of nitrogens with zero attached hydrogens (tertiary/aromatic N) is 2. The molecule has 7 heteroatoms. The molecule has 2 saturated heterocycles. The number of methoxy groups -OCH3 is 2. The molecule has 0 aliphatic carbocycles. The molecule has 0 spiro atoms. The van der Waals surface area contributed by atoms with Crippen molar-refractivity contribution in [2.45, 2.75) is 32.4 Å². The molecule has 2 amide bonds. The predicted molar refractivity (Wildman–Crippen MR) is 102 cm³/mol. The first-order valence-corrected chi connectivity index (χ1v) is 9.52. The van der Waals surface area contributed by atoms with E-state index < -0.39 is 11.3 Å². The summed E-state index contributed by atoms with van der Waals surface area (Å²) in [5.74, 6) is -1.02. The van der Waals surface area contributed by atoms with Crippen molar-refractivity contribution in [3.63, 3.8) is 0 Å². The van der Waals surface area contributed by atoms with Crippen LogP contribution in [0.15, 0.2) is 30.3 Å². The topological polar surface area (TPSA) is 76.2 Å². The third-order valence-corrected chi connectivity index (χ3v) is 5.66. The predicted octanol–water partition coefficient (Wildman–Crippen LogP) is 1.63. The van der Waals surface area contributed by atoms with Gasteiger partial charge >= 0.3 is 5.97 Å². The van der Waals surface area contributed by atoms with E-state index in [9.17, 15) is 14.4 Å². The standard InChI is InChI=1S/C21H28N2O5/c1-21(2,13-27-3)20(26)22-11-15-10-16(19(25)28-4)18(23(15)17(24)12-22)14-8-6-5-7-9-14/h5-9,15-16,18H,10-13H2,1-4H3/t15-,16-,18-/m0/s1. The second kappa shape index (κ2) is 7.91. The number of amides is 2. The van der Waals surface area contributed by atoms with Crippen LogP contribution in [-0.2, 0) is 23.9 Å². The van der Waals surface area contributed by atoms with Crippen LogP contribution in [0, 0.1) is 11.3 Å². The number of hydrogen-bond donors (Lipinski definition) is 0. The van der Waals surface area contributed by atoms with Crippen LogP contribution < -0.4 is 0 Å². The van der Waals surface area contributed by atoms with E-state index in [0.717, 1.165) is 5.56 Å². The molecule has 2 fully saturated rings. The van der Waals surface area contributed by atoms with E-state index in [4.69, 9.17) is 9.47 Å². The second-order valence-electron chi connectivity index (χ2n) is 8.18. The summed E-state index contributed by atoms with van der Waals surface area (Å²) in [5.41, 5.74) is 0.198. The van der Waals surface area contributed by atoms with Gasteiger partial charge in [0.15, 0.2) is 0 Å². The van der Waals surface area contributed by atoms with Crippen LogP contribution in [0.1, 0.15) is 31.9 Å². The first-order chi connectivity index (χ1) is 13.3. The fourth-order valence-electron chi connectivity index (χ4n) is 4.47. The largest absolute Gasteiger partial charge is 0.469 e. The molecule has 3 atom stereocenters. The minimum absolute atomic E-state index is 0.0136. The van der Waals surface area contributed by atoms with Crippen LogP contribution in [0.5, 0.6) is 0 Å². The zero-order chi connectivity index (χ0) is 20.5. The quantitative estimate of drug-likeness (QED) is 0.717. The van der Waals surface area contributed by atoms with E-state index in [2.05, 4.69) is 0 Å². The third-order valence-electron chi connectivity index (χ3n) is 5.66. The zero-order valence-electron chi connectivity index (χ0n) is 16.9. The number of carbonyl (C=O) groups excluding carboxylic acids is 3. The Balaban J connectivity index is 1.88. The molecule has 152 valence electrons. The number of hydrogen-bond acceptors (Lipinski definition) is 5. The van der Waals surface area contributed by atoms with Gasteiger partial charge in [0, 0.05) is 13.7 Å². The molecule has 2 heterocycles. The van der Waals surface area contributed by atoms with Gasteiger partial charge in [0.1, 0.15) is 0 Å². The Kier molecular flexibility index (Phi) is 5.74. The first kappa shape index (κ1) is 20.3. The smallest absolute Gasteiger partial charge is 0.311 e. The van der Waals surface area contributed by atoms with Crippen molar-refractivity contribution in [1.82, 2.24) is 9.80 Å². The normalized spacial score (nSPS) is 24.9. The zero-order valence-corrected chi connectivity index (χ0v) is 16.9. The van der Waals surface area contributed by atoms with Gasteiger partial charge in [-0.3, -0.25) is 14.4 Å². The van der Waals surface area contributed by atoms with Gasteiger partial charge in [0.25, 0.3) is 0 Å². The molecular weight excluding hydrogens is 360 g/mol. The number of rotatable bonds is 5. The maximum Gasteiger partial charge on any atom is 0.311 e. The minimum Gasteiger partial charge on any atom is -0.469 e. The van der Waals surface area contributed by atoms with Crippen LogP contribution in [0.2, 0.25) is 0 Å². The van der Waals surface area contributed by atoms with E-state index >= 15 is 0 Å². The number of benzene rings is 1. The highest BCUT2D eigenvalue weighted by Gasteiger charge is 2.52. The van der Waals surface area contributed by atoms with Crippen molar-refractivity contribution in [2.24, 2.45) is 11.3 Å². The first-order valence-electron chi connectivity index (χ1n) is 9.52. The molecule has 1 aromatic rings. The number of piperazine rings is 1. The summed E-state index contributed by atoms with van der Waals surface area (Å²) in [7, 11) is 2.92. The van der Waals surface area contributed by atoms with Crippen molar-refractivity contribution in [2.75, 3.05) is 33.9 Å². The van der Waals surface area contributed by atoms with Crippen molar-refractivity contribution < 1.29 is 23.9 Å². The second-order valence-corrected chi connectivity index (χ2v) is 8.18. The Morgan fingerprint density at radius 2 is 1.86 bits per heavy atom. The highest BCUT2D eigenvalue weighted by Crippen LogP contribution is 2.43. The third kappa shape index (κ3) is 3.63. The van der Waals surface area contributed by atoms with Crippen molar-refractivity contribution >= 4 is 17.8 Å². The minimum atomic E-state index is -0.712. The summed E-state index contributed by atoms with van der Waals surface area (Å²) in [6, 6.07) is 8.97. The van der Waals surface area contributed by atoms with Gasteiger partial charge in [0.05, 0.1) is 43.7 Å². The summed E-state index contributed by atoms with van der Waals surface area (Å²) in [5, 5.41) is 0. The molecule has 0 aromatic heterocycles. The number of fused-ring (bicyclic) bond motifs is 1. The Bertz CT molecular complexity index is 748. The molecule has 2 aliphatic heterocycles. The van der Waals surface area contributed by atoms with Crippen LogP contribution in [0.3, 0.4) is 0 Å². The van der Waals surface area contributed by atoms with E-state index in [0.29, 0.717) is 13.0 Å². The van der Waals surface area contributed by atoms with E-state index in [1.54, 1.807) is 16.9 Å². The van der Waals surface area contributed by atoms with Gasteiger partial charge < -0.3 is 19.3 Å². The summed E-state index contributed by atoms with van der Waals surface area (Å²) in [6.07, 6.45) is 0.479. The van der Waals surface area contributed by atoms with Crippen molar-refractivity contribution in [3.05, 3.63) is 35.9 Å². The maximum atomic E-state index is 13.1. The lowest BCUT2D eigenvalue weighted by Crippen LogP contribution is -2.58. The number of esters is 1. The Morgan fingerprint density at radius 1 is 1.18 bits per heavy atom. The number of ether oxygens (including phenoxy) is 2. The average molecular weight is 388 g/mol. The Labute approximate surface area is 165 Å². The molecule has 0 N–H and O–H groups in total. The lowest BCUT2D eigenvalue weighted by Gasteiger charge is -2.42. The molecule has 1 aromatic carbocycles. The highest BCUT2D eigenvalue weighted by atomic mass is 16.5. The van der Waals surface area contributed by atoms with E-state index in [-0.39, 0.29) is 43.0 Å². The molecule has 0 radical (unpaired) electrons. The summed E-state index contributed by atoms with van der Waals surface area (Å²) >= 11 is 0. The van der Waals surface area contributed by atoms with E-state index in [1.165, 1.54) is 7.11 Å². The number of carbonyl (C=O) groups is 3. The molecule has 3 rings (SSSR count). The van der Waals surface area contributed by atoms with Gasteiger partial charge in [-0.05, 0) is 25.8 Å². The van der Waals surface area contributed by atoms with Crippen LogP contribution in [0.4, 0.5) is 0 Å². The van der Waals surface area contributed by atoms with Gasteiger partial charge in [-0.1, -0.05) is 30.3 Å².